The van der Waals surface area contributed by atoms with Crippen molar-refractivity contribution >= 4 is 66.2 Å². The third-order valence-corrected chi connectivity index (χ3v) is 5.55. The number of hydrogen-bond donors (Lipinski definition) is 2. The van der Waals surface area contributed by atoms with Crippen LogP contribution in [0.2, 0.25) is 0 Å². The van der Waals surface area contributed by atoms with E-state index in [9.17, 15) is 0 Å². The van der Waals surface area contributed by atoms with E-state index in [-0.39, 0.29) is 17.1 Å². The molecular formula is C24H14CuN6. The molecule has 0 aliphatic heterocycles. The molecule has 2 N–H and O–H groups in total. The van der Waals surface area contributed by atoms with Gasteiger partial charge in [-0.1, -0.05) is 24.3 Å². The molecule has 1 radical (unpaired) electrons. The summed E-state index contributed by atoms with van der Waals surface area (Å²) < 4.78 is 0. The van der Waals surface area contributed by atoms with Gasteiger partial charge < -0.3 is 9.97 Å². The van der Waals surface area contributed by atoms with Gasteiger partial charge in [0.15, 0.2) is 0 Å². The van der Waals surface area contributed by atoms with Crippen LogP contribution in [0.25, 0.3) is 66.2 Å². The van der Waals surface area contributed by atoms with Crippen molar-refractivity contribution in [3.63, 3.8) is 0 Å². The number of aromatic nitrogens is 6. The largest absolute Gasteiger partial charge is 0.325 e. The van der Waals surface area contributed by atoms with Crippen LogP contribution in [-0.2, 0) is 17.1 Å². The number of aromatic amines is 2. The maximum absolute atomic E-state index is 4.86. The van der Waals surface area contributed by atoms with Crippen molar-refractivity contribution in [3.05, 3.63) is 72.8 Å². The van der Waals surface area contributed by atoms with Crippen LogP contribution in [0.1, 0.15) is 0 Å². The first-order valence-electron chi connectivity index (χ1n) is 9.75. The molecule has 0 aliphatic carbocycles. The average Bonchev–Trinajstić information content (AvgIpc) is 2.78. The summed E-state index contributed by atoms with van der Waals surface area (Å²) in [4.78, 5) is 26.1. The van der Waals surface area contributed by atoms with E-state index in [1.54, 1.807) is 0 Å². The van der Waals surface area contributed by atoms with Crippen LogP contribution in [-0.4, -0.2) is 29.9 Å². The molecular weight excluding hydrogens is 436 g/mol. The second-order valence-corrected chi connectivity index (χ2v) is 7.45. The topological polar surface area (TPSA) is 83.1 Å². The Labute approximate surface area is 185 Å². The summed E-state index contributed by atoms with van der Waals surface area (Å²) in [6.07, 6.45) is 0. The molecule has 151 valence electrons. The average molecular weight is 450 g/mol. The monoisotopic (exact) mass is 449 g/mol. The maximum Gasteiger partial charge on any atom is 0.132 e. The second-order valence-electron chi connectivity index (χ2n) is 7.45. The van der Waals surface area contributed by atoms with Crippen LogP contribution in [0.4, 0.5) is 0 Å². The van der Waals surface area contributed by atoms with Crippen LogP contribution in [0, 0.1) is 0 Å². The van der Waals surface area contributed by atoms with E-state index in [4.69, 9.17) is 19.9 Å². The Morgan fingerprint density at radius 2 is 0.581 bits per heavy atom. The van der Waals surface area contributed by atoms with Crippen LogP contribution >= 0.6 is 0 Å². The first kappa shape index (κ1) is 18.0. The summed E-state index contributed by atoms with van der Waals surface area (Å²) in [5.74, 6) is 0. The molecule has 31 heavy (non-hydrogen) atoms. The van der Waals surface area contributed by atoms with Gasteiger partial charge in [0.2, 0.25) is 0 Å². The number of pyridine rings is 4. The van der Waals surface area contributed by atoms with Crippen LogP contribution in [0.5, 0.6) is 0 Å². The van der Waals surface area contributed by atoms with Crippen molar-refractivity contribution in [2.75, 3.05) is 0 Å². The van der Waals surface area contributed by atoms with Crippen molar-refractivity contribution in [1.82, 2.24) is 29.9 Å². The molecule has 0 saturated carbocycles. The molecule has 0 aliphatic rings. The van der Waals surface area contributed by atoms with E-state index >= 15 is 0 Å². The first-order valence-corrected chi connectivity index (χ1v) is 9.75. The number of fused-ring (bicyclic) bond motifs is 4. The maximum atomic E-state index is 4.86. The van der Waals surface area contributed by atoms with Gasteiger partial charge in [0.25, 0.3) is 0 Å². The van der Waals surface area contributed by atoms with E-state index in [1.165, 1.54) is 0 Å². The standard InChI is InChI=1S/C24H14N6.Cu/c1-2-14-6-10-18-26-20-12-8-16-4-3-15-7-11-19(29-23(15)24(16)30-20)25-17-9-5-13(1)21(27-17)22(14)28-18;/h1-12H,(H,25,27,29)(H,26,28,30);. The summed E-state index contributed by atoms with van der Waals surface area (Å²) in [6, 6.07) is 24.4. The van der Waals surface area contributed by atoms with Gasteiger partial charge in [0, 0.05) is 38.6 Å². The molecule has 6 nitrogen and oxygen atoms in total. The minimum Gasteiger partial charge on any atom is -0.325 e. The van der Waals surface area contributed by atoms with Crippen molar-refractivity contribution < 1.29 is 17.1 Å². The molecule has 7 rings (SSSR count). The fraction of sp³-hybridized carbons (Fsp3) is 0. The van der Waals surface area contributed by atoms with Crippen molar-refractivity contribution in [3.8, 4) is 0 Å². The molecule has 0 amide bonds. The molecule has 8 bridgehead atoms. The first-order chi connectivity index (χ1) is 14.8. The zero-order valence-corrected chi connectivity index (χ0v) is 17.0. The van der Waals surface area contributed by atoms with E-state index in [2.05, 4.69) is 58.5 Å². The molecule has 0 atom stereocenters. The molecule has 5 heterocycles. The normalized spacial score (nSPS) is 11.6. The van der Waals surface area contributed by atoms with Gasteiger partial charge in [-0.05, 0) is 48.5 Å². The van der Waals surface area contributed by atoms with E-state index in [0.717, 1.165) is 66.2 Å². The number of rotatable bonds is 0. The van der Waals surface area contributed by atoms with E-state index in [0.29, 0.717) is 0 Å². The van der Waals surface area contributed by atoms with Crippen LogP contribution in [0.3, 0.4) is 0 Å². The Hall–Kier alpha value is -3.80. The Morgan fingerprint density at radius 1 is 0.355 bits per heavy atom. The fourth-order valence-corrected chi connectivity index (χ4v) is 4.08. The molecule has 0 fully saturated rings. The second kappa shape index (κ2) is 6.60. The Bertz CT molecular complexity index is 1550. The molecule has 0 spiro atoms. The van der Waals surface area contributed by atoms with Gasteiger partial charge in [0.1, 0.15) is 22.6 Å². The number of nitrogens with zero attached hydrogens (tertiary/aromatic N) is 4. The molecule has 5 aromatic heterocycles. The van der Waals surface area contributed by atoms with Gasteiger partial charge in [-0.3, -0.25) is 0 Å². The molecule has 2 aromatic carbocycles. The number of hydrogen-bond acceptors (Lipinski definition) is 4. The Balaban J connectivity index is 0.00000185. The third-order valence-electron chi connectivity index (χ3n) is 5.55. The van der Waals surface area contributed by atoms with Gasteiger partial charge >= 0.3 is 0 Å². The third kappa shape index (κ3) is 2.79. The summed E-state index contributed by atoms with van der Waals surface area (Å²) in [5, 5.41) is 4.16. The Morgan fingerprint density at radius 3 is 0.839 bits per heavy atom. The summed E-state index contributed by atoms with van der Waals surface area (Å²) >= 11 is 0. The quantitative estimate of drug-likeness (QED) is 0.240. The minimum atomic E-state index is 0. The smallest absolute Gasteiger partial charge is 0.132 e. The van der Waals surface area contributed by atoms with E-state index < -0.39 is 0 Å². The Kier molecular flexibility index (Phi) is 3.83. The minimum absolute atomic E-state index is 0. The predicted molar refractivity (Wildman–Crippen MR) is 120 cm³/mol. The van der Waals surface area contributed by atoms with Crippen LogP contribution < -0.4 is 0 Å². The van der Waals surface area contributed by atoms with E-state index in [1.807, 2.05) is 24.3 Å². The molecule has 7 heteroatoms. The summed E-state index contributed by atoms with van der Waals surface area (Å²) in [5.41, 5.74) is 6.32. The van der Waals surface area contributed by atoms with Gasteiger partial charge in [0.05, 0.1) is 22.1 Å². The summed E-state index contributed by atoms with van der Waals surface area (Å²) in [6.45, 7) is 0. The molecule has 7 aromatic rings. The van der Waals surface area contributed by atoms with Crippen molar-refractivity contribution in [2.24, 2.45) is 0 Å². The number of benzene rings is 2. The van der Waals surface area contributed by atoms with Crippen molar-refractivity contribution in [2.45, 2.75) is 0 Å². The van der Waals surface area contributed by atoms with Gasteiger partial charge in [-0.15, -0.1) is 0 Å². The van der Waals surface area contributed by atoms with Crippen LogP contribution in [0.15, 0.2) is 72.8 Å². The number of nitrogens with one attached hydrogen (secondary N) is 2. The van der Waals surface area contributed by atoms with Gasteiger partial charge in [-0.25, -0.2) is 19.9 Å². The SMILES string of the molecule is [Cu].c1cc2ccc3ccc4nc3c2nc1[nH]c1ccc2ccc3ccc(nc3c2n1)[nH]4. The zero-order valence-electron chi connectivity index (χ0n) is 16.0. The van der Waals surface area contributed by atoms with Crippen molar-refractivity contribution in [1.29, 1.82) is 0 Å². The molecule has 0 unspecified atom stereocenters. The number of H-pyrrole nitrogens is 2. The molecule has 0 saturated heterocycles. The fourth-order valence-electron chi connectivity index (χ4n) is 4.08. The predicted octanol–water partition coefficient (Wildman–Crippen LogP) is 5.40. The van der Waals surface area contributed by atoms with Gasteiger partial charge in [-0.2, -0.15) is 0 Å². The summed E-state index contributed by atoms with van der Waals surface area (Å²) in [7, 11) is 0. The zero-order chi connectivity index (χ0) is 19.7.